The van der Waals surface area contributed by atoms with E-state index in [2.05, 4.69) is 4.90 Å². The van der Waals surface area contributed by atoms with E-state index >= 15 is 0 Å². The van der Waals surface area contributed by atoms with Gasteiger partial charge in [-0.25, -0.2) is 0 Å². The number of hydrogen-bond donors (Lipinski definition) is 1. The van der Waals surface area contributed by atoms with Gasteiger partial charge >= 0.3 is 5.97 Å². The molecule has 1 N–H and O–H groups in total. The van der Waals surface area contributed by atoms with Gasteiger partial charge in [0.25, 0.3) is 0 Å². The Morgan fingerprint density at radius 1 is 1.35 bits per heavy atom. The molecule has 0 radical (unpaired) electrons. The van der Waals surface area contributed by atoms with Crippen LogP contribution in [0, 0.1) is 5.92 Å². The number of piperidine rings is 1. The summed E-state index contributed by atoms with van der Waals surface area (Å²) in [5.41, 5.74) is 0.605. The van der Waals surface area contributed by atoms with Crippen molar-refractivity contribution in [1.82, 2.24) is 4.90 Å². The molecule has 5 heteroatoms. The number of nitrogens with zero attached hydrogens (tertiary/aromatic N) is 1. The van der Waals surface area contributed by atoms with Crippen molar-refractivity contribution in [1.29, 1.82) is 0 Å². The van der Waals surface area contributed by atoms with Gasteiger partial charge in [-0.3, -0.25) is 9.59 Å². The third kappa shape index (κ3) is 5.06. The van der Waals surface area contributed by atoms with E-state index in [4.69, 9.17) is 9.84 Å². The molecular weight excluding hydrogens is 294 g/mol. The summed E-state index contributed by atoms with van der Waals surface area (Å²) in [6.07, 6.45) is 2.00. The second-order valence-corrected chi connectivity index (χ2v) is 6.31. The summed E-state index contributed by atoms with van der Waals surface area (Å²) in [5.74, 6) is -0.389. The normalized spacial score (nSPS) is 18.8. The number of rotatable bonds is 7. The minimum atomic E-state index is -0.739. The van der Waals surface area contributed by atoms with Crippen LogP contribution in [0.4, 0.5) is 0 Å². The fourth-order valence-corrected chi connectivity index (χ4v) is 2.91. The average molecular weight is 319 g/mol. The number of carbonyl (C=O) groups excluding carboxylic acids is 1. The van der Waals surface area contributed by atoms with E-state index in [9.17, 15) is 9.59 Å². The van der Waals surface area contributed by atoms with Crippen molar-refractivity contribution in [2.24, 2.45) is 5.92 Å². The van der Waals surface area contributed by atoms with Gasteiger partial charge in [0.2, 0.25) is 0 Å². The zero-order valence-corrected chi connectivity index (χ0v) is 13.8. The fraction of sp³-hybridized carbons (Fsp3) is 0.556. The fourth-order valence-electron chi connectivity index (χ4n) is 2.91. The number of carbonyl (C=O) groups is 2. The second kappa shape index (κ2) is 8.11. The van der Waals surface area contributed by atoms with E-state index in [1.54, 1.807) is 6.07 Å². The van der Waals surface area contributed by atoms with Crippen LogP contribution in [0.2, 0.25) is 0 Å². The van der Waals surface area contributed by atoms with Crippen LogP contribution in [0.25, 0.3) is 0 Å². The van der Waals surface area contributed by atoms with Gasteiger partial charge in [0.15, 0.2) is 5.78 Å². The molecular formula is C18H25NO4. The van der Waals surface area contributed by atoms with Gasteiger partial charge in [0, 0.05) is 19.5 Å². The Hall–Kier alpha value is -1.88. The lowest BCUT2D eigenvalue weighted by Crippen LogP contribution is -2.39. The summed E-state index contributed by atoms with van der Waals surface area (Å²) in [4.78, 5) is 25.7. The van der Waals surface area contributed by atoms with Crippen LogP contribution >= 0.6 is 0 Å². The molecule has 2 rings (SSSR count). The monoisotopic (exact) mass is 319 g/mol. The molecule has 1 aromatic rings. The molecule has 1 atom stereocenters. The standard InChI is InChI=1S/C18H25NO4/c1-13(2)23-17-8-4-3-7-15(17)16(20)9-11-19-10-5-6-14(12-19)18(21)22/h3-4,7-8,13-14H,5-6,9-12H2,1-2H3,(H,21,22). The first-order valence-corrected chi connectivity index (χ1v) is 8.21. The maximum atomic E-state index is 12.5. The number of hydrogen-bond acceptors (Lipinski definition) is 4. The molecule has 1 unspecified atom stereocenters. The summed E-state index contributed by atoms with van der Waals surface area (Å²) >= 11 is 0. The molecule has 0 aromatic heterocycles. The van der Waals surface area contributed by atoms with Crippen molar-refractivity contribution < 1.29 is 19.4 Å². The topological polar surface area (TPSA) is 66.8 Å². The van der Waals surface area contributed by atoms with Crippen molar-refractivity contribution in [3.8, 4) is 5.75 Å². The van der Waals surface area contributed by atoms with Gasteiger partial charge in [-0.1, -0.05) is 12.1 Å². The number of Topliss-reactive ketones (excluding diaryl/α,β-unsaturated/α-hetero) is 1. The molecule has 5 nitrogen and oxygen atoms in total. The maximum Gasteiger partial charge on any atom is 0.307 e. The molecule has 1 saturated heterocycles. The first kappa shape index (κ1) is 17.5. The van der Waals surface area contributed by atoms with Crippen molar-refractivity contribution in [3.05, 3.63) is 29.8 Å². The Kier molecular flexibility index (Phi) is 6.16. The Labute approximate surface area is 137 Å². The van der Waals surface area contributed by atoms with Crippen LogP contribution in [0.5, 0.6) is 5.75 Å². The smallest absolute Gasteiger partial charge is 0.307 e. The Morgan fingerprint density at radius 3 is 2.78 bits per heavy atom. The first-order chi connectivity index (χ1) is 11.0. The number of carboxylic acids is 1. The zero-order chi connectivity index (χ0) is 16.8. The molecule has 126 valence electrons. The quantitative estimate of drug-likeness (QED) is 0.783. The minimum Gasteiger partial charge on any atom is -0.490 e. The molecule has 1 heterocycles. The van der Waals surface area contributed by atoms with Gasteiger partial charge in [0.1, 0.15) is 5.75 Å². The number of ketones is 1. The predicted molar refractivity (Wildman–Crippen MR) is 88.0 cm³/mol. The molecule has 1 aliphatic rings. The van der Waals surface area contributed by atoms with Gasteiger partial charge in [-0.15, -0.1) is 0 Å². The number of para-hydroxylation sites is 1. The highest BCUT2D eigenvalue weighted by Gasteiger charge is 2.25. The van der Waals surface area contributed by atoms with Crippen LogP contribution in [-0.2, 0) is 4.79 Å². The minimum absolute atomic E-state index is 0.0161. The number of ether oxygens (including phenoxy) is 1. The lowest BCUT2D eigenvalue weighted by atomic mass is 9.98. The number of carboxylic acid groups (broad SMARTS) is 1. The van der Waals surface area contributed by atoms with Crippen molar-refractivity contribution in [3.63, 3.8) is 0 Å². The molecule has 1 aliphatic heterocycles. The molecule has 0 saturated carbocycles. The zero-order valence-electron chi connectivity index (χ0n) is 13.8. The van der Waals surface area contributed by atoms with E-state index in [1.807, 2.05) is 32.0 Å². The van der Waals surface area contributed by atoms with Crippen LogP contribution in [-0.4, -0.2) is 47.5 Å². The summed E-state index contributed by atoms with van der Waals surface area (Å²) in [6.45, 7) is 5.86. The number of aliphatic carboxylic acids is 1. The molecule has 0 aliphatic carbocycles. The molecule has 1 aromatic carbocycles. The van der Waals surface area contributed by atoms with Gasteiger partial charge in [-0.2, -0.15) is 0 Å². The summed E-state index contributed by atoms with van der Waals surface area (Å²) < 4.78 is 5.69. The van der Waals surface area contributed by atoms with Crippen molar-refractivity contribution in [2.45, 2.75) is 39.2 Å². The Morgan fingerprint density at radius 2 is 2.09 bits per heavy atom. The van der Waals surface area contributed by atoms with Crippen molar-refractivity contribution >= 4 is 11.8 Å². The molecule has 23 heavy (non-hydrogen) atoms. The highest BCUT2D eigenvalue weighted by molar-refractivity contribution is 5.98. The third-order valence-corrected chi connectivity index (χ3v) is 4.06. The van der Waals surface area contributed by atoms with Crippen LogP contribution in [0.1, 0.15) is 43.5 Å². The lowest BCUT2D eigenvalue weighted by Gasteiger charge is -2.30. The average Bonchev–Trinajstić information content (AvgIpc) is 2.53. The van der Waals surface area contributed by atoms with E-state index in [0.717, 1.165) is 19.4 Å². The first-order valence-electron chi connectivity index (χ1n) is 8.21. The lowest BCUT2D eigenvalue weighted by molar-refractivity contribution is -0.143. The highest BCUT2D eigenvalue weighted by atomic mass is 16.5. The second-order valence-electron chi connectivity index (χ2n) is 6.31. The maximum absolute atomic E-state index is 12.5. The van der Waals surface area contributed by atoms with Crippen molar-refractivity contribution in [2.75, 3.05) is 19.6 Å². The molecule has 0 bridgehead atoms. The molecule has 1 fully saturated rings. The number of benzene rings is 1. The Balaban J connectivity index is 1.93. The summed E-state index contributed by atoms with van der Waals surface area (Å²) in [7, 11) is 0. The third-order valence-electron chi connectivity index (χ3n) is 4.06. The number of likely N-dealkylation sites (tertiary alicyclic amines) is 1. The molecule has 0 spiro atoms. The SMILES string of the molecule is CC(C)Oc1ccccc1C(=O)CCN1CCCC(C(=O)O)C1. The summed E-state index contributed by atoms with van der Waals surface area (Å²) in [6, 6.07) is 7.29. The van der Waals surface area contributed by atoms with E-state index in [0.29, 0.717) is 30.8 Å². The van der Waals surface area contributed by atoms with E-state index in [-0.39, 0.29) is 17.8 Å². The highest BCUT2D eigenvalue weighted by Crippen LogP contribution is 2.22. The summed E-state index contributed by atoms with van der Waals surface area (Å²) in [5, 5.41) is 9.12. The van der Waals surface area contributed by atoms with Gasteiger partial charge in [0.05, 0.1) is 17.6 Å². The van der Waals surface area contributed by atoms with Gasteiger partial charge < -0.3 is 14.7 Å². The largest absolute Gasteiger partial charge is 0.490 e. The van der Waals surface area contributed by atoms with E-state index in [1.165, 1.54) is 0 Å². The van der Waals surface area contributed by atoms with Gasteiger partial charge in [-0.05, 0) is 45.4 Å². The molecule has 0 amide bonds. The van der Waals surface area contributed by atoms with Crippen LogP contribution in [0.3, 0.4) is 0 Å². The van der Waals surface area contributed by atoms with E-state index < -0.39 is 5.97 Å². The van der Waals surface area contributed by atoms with Crippen LogP contribution in [0.15, 0.2) is 24.3 Å². The van der Waals surface area contributed by atoms with Crippen LogP contribution < -0.4 is 4.74 Å². The Bertz CT molecular complexity index is 556. The predicted octanol–water partition coefficient (Wildman–Crippen LogP) is 2.84.